The van der Waals surface area contributed by atoms with Crippen molar-refractivity contribution in [1.29, 1.82) is 0 Å². The monoisotopic (exact) mass is 355 g/mol. The largest absolute Gasteiger partial charge is 0.456 e. The van der Waals surface area contributed by atoms with Crippen LogP contribution in [0.3, 0.4) is 0 Å². The molecule has 0 bridgehead atoms. The van der Waals surface area contributed by atoms with E-state index in [1.807, 2.05) is 13.0 Å². The molecule has 0 unspecified atom stereocenters. The normalized spacial score (nSPS) is 18.8. The molecule has 0 aliphatic carbocycles. The highest BCUT2D eigenvalue weighted by atomic mass is 16.3. The van der Waals surface area contributed by atoms with Gasteiger partial charge >= 0.3 is 0 Å². The highest BCUT2D eigenvalue weighted by Crippen LogP contribution is 2.24. The Morgan fingerprint density at radius 3 is 2.73 bits per heavy atom. The topological polar surface area (TPSA) is 48.7 Å². The van der Waals surface area contributed by atoms with Crippen LogP contribution in [-0.4, -0.2) is 55.5 Å². The van der Waals surface area contributed by atoms with Crippen molar-refractivity contribution in [1.82, 2.24) is 15.1 Å². The zero-order valence-electron chi connectivity index (χ0n) is 15.8. The number of piperazine rings is 1. The van der Waals surface area contributed by atoms with Crippen molar-refractivity contribution in [2.24, 2.45) is 0 Å². The smallest absolute Gasteiger partial charge is 0.286 e. The van der Waals surface area contributed by atoms with Crippen LogP contribution < -0.4 is 5.32 Å². The predicted octanol–water partition coefficient (Wildman–Crippen LogP) is 2.95. The molecule has 0 radical (unpaired) electrons. The van der Waals surface area contributed by atoms with Crippen molar-refractivity contribution in [2.75, 3.05) is 39.8 Å². The minimum absolute atomic E-state index is 0.123. The molecule has 5 nitrogen and oxygen atoms in total. The Labute approximate surface area is 156 Å². The molecule has 0 saturated carbocycles. The van der Waals surface area contributed by atoms with E-state index in [1.165, 1.54) is 5.56 Å². The lowest BCUT2D eigenvalue weighted by atomic mass is 10.0. The summed E-state index contributed by atoms with van der Waals surface area (Å²) in [4.78, 5) is 17.0. The van der Waals surface area contributed by atoms with Crippen molar-refractivity contribution in [3.05, 3.63) is 59.5 Å². The van der Waals surface area contributed by atoms with E-state index in [4.69, 9.17) is 4.42 Å². The summed E-state index contributed by atoms with van der Waals surface area (Å²) >= 11 is 0. The molecule has 26 heavy (non-hydrogen) atoms. The maximum atomic E-state index is 12.1. The quantitative estimate of drug-likeness (QED) is 0.776. The molecule has 1 aromatic heterocycles. The Kier molecular flexibility index (Phi) is 6.47. The van der Waals surface area contributed by atoms with Gasteiger partial charge in [0.15, 0.2) is 5.76 Å². The lowest BCUT2D eigenvalue weighted by Gasteiger charge is -2.40. The Bertz CT molecular complexity index is 698. The summed E-state index contributed by atoms with van der Waals surface area (Å²) in [5, 5.41) is 2.97. The average molecular weight is 355 g/mol. The number of carbonyl (C=O) groups is 1. The van der Waals surface area contributed by atoms with Crippen LogP contribution in [0, 0.1) is 0 Å². The molecule has 5 heteroatoms. The predicted molar refractivity (Wildman–Crippen MR) is 103 cm³/mol. The number of amides is 1. The van der Waals surface area contributed by atoms with Crippen molar-refractivity contribution in [2.45, 2.75) is 25.8 Å². The first-order chi connectivity index (χ1) is 12.7. The minimum atomic E-state index is -0.123. The van der Waals surface area contributed by atoms with Gasteiger partial charge in [-0.1, -0.05) is 37.3 Å². The number of nitrogens with one attached hydrogen (secondary N) is 1. The number of likely N-dealkylation sites (N-methyl/N-ethyl adjacent to an activating group) is 1. The van der Waals surface area contributed by atoms with Gasteiger partial charge < -0.3 is 14.6 Å². The highest BCUT2D eigenvalue weighted by Gasteiger charge is 2.25. The second-order valence-corrected chi connectivity index (χ2v) is 6.95. The number of rotatable bonds is 7. The van der Waals surface area contributed by atoms with Crippen LogP contribution in [-0.2, 0) is 6.42 Å². The van der Waals surface area contributed by atoms with Crippen LogP contribution >= 0.6 is 0 Å². The van der Waals surface area contributed by atoms with Crippen molar-refractivity contribution in [3.63, 3.8) is 0 Å². The van der Waals surface area contributed by atoms with Crippen LogP contribution in [0.4, 0.5) is 0 Å². The maximum Gasteiger partial charge on any atom is 0.286 e. The second-order valence-electron chi connectivity index (χ2n) is 6.95. The van der Waals surface area contributed by atoms with Crippen molar-refractivity contribution >= 4 is 5.91 Å². The summed E-state index contributed by atoms with van der Waals surface area (Å²) < 4.78 is 5.50. The van der Waals surface area contributed by atoms with Gasteiger partial charge in [-0.2, -0.15) is 0 Å². The van der Waals surface area contributed by atoms with Gasteiger partial charge in [0, 0.05) is 45.2 Å². The highest BCUT2D eigenvalue weighted by molar-refractivity contribution is 5.91. The average Bonchev–Trinajstić information content (AvgIpc) is 3.16. The molecule has 1 aliphatic heterocycles. The molecule has 1 N–H and O–H groups in total. The molecule has 1 aliphatic rings. The maximum absolute atomic E-state index is 12.1. The zero-order chi connectivity index (χ0) is 18.4. The van der Waals surface area contributed by atoms with Gasteiger partial charge in [-0.3, -0.25) is 9.69 Å². The third-order valence-electron chi connectivity index (χ3n) is 5.02. The van der Waals surface area contributed by atoms with Gasteiger partial charge in [-0.25, -0.2) is 0 Å². The lowest BCUT2D eigenvalue weighted by molar-refractivity contribution is 0.0857. The van der Waals surface area contributed by atoms with Gasteiger partial charge in [0.05, 0.1) is 0 Å². The molecule has 1 amide bonds. The van der Waals surface area contributed by atoms with Crippen molar-refractivity contribution < 1.29 is 9.21 Å². The SMILES string of the molecule is CCc1ccc(C(=O)NCCCN2CCN(C)C[C@@H]2c2ccccc2)o1. The second kappa shape index (κ2) is 9.01. The van der Waals surface area contributed by atoms with E-state index >= 15 is 0 Å². The zero-order valence-corrected chi connectivity index (χ0v) is 15.8. The molecule has 3 rings (SSSR count). The first-order valence-corrected chi connectivity index (χ1v) is 9.52. The minimum Gasteiger partial charge on any atom is -0.456 e. The Morgan fingerprint density at radius 2 is 2.00 bits per heavy atom. The Balaban J connectivity index is 1.49. The van der Waals surface area contributed by atoms with E-state index in [1.54, 1.807) is 6.07 Å². The van der Waals surface area contributed by atoms with Gasteiger partial charge in [-0.15, -0.1) is 0 Å². The third-order valence-corrected chi connectivity index (χ3v) is 5.02. The molecule has 2 aromatic rings. The Hall–Kier alpha value is -2.11. The van der Waals surface area contributed by atoms with Gasteiger partial charge in [0.25, 0.3) is 5.91 Å². The molecule has 2 heterocycles. The van der Waals surface area contributed by atoms with Crippen LogP contribution in [0.25, 0.3) is 0 Å². The molecular weight excluding hydrogens is 326 g/mol. The molecule has 140 valence electrons. The van der Waals surface area contributed by atoms with E-state index in [-0.39, 0.29) is 5.91 Å². The van der Waals surface area contributed by atoms with E-state index in [0.717, 1.165) is 44.8 Å². The molecule has 1 fully saturated rings. The number of aryl methyl sites for hydroxylation is 1. The Morgan fingerprint density at radius 1 is 1.19 bits per heavy atom. The molecule has 0 spiro atoms. The number of nitrogens with zero attached hydrogens (tertiary/aromatic N) is 2. The van der Waals surface area contributed by atoms with Crippen molar-refractivity contribution in [3.8, 4) is 0 Å². The first kappa shape index (κ1) is 18.7. The van der Waals surface area contributed by atoms with Gasteiger partial charge in [0.1, 0.15) is 5.76 Å². The lowest BCUT2D eigenvalue weighted by Crippen LogP contribution is -2.47. The number of carbonyl (C=O) groups excluding carboxylic acids is 1. The fraction of sp³-hybridized carbons (Fsp3) is 0.476. The number of hydrogen-bond acceptors (Lipinski definition) is 4. The third kappa shape index (κ3) is 4.74. The van der Waals surface area contributed by atoms with Gasteiger partial charge in [-0.05, 0) is 31.2 Å². The standard InChI is InChI=1S/C21H29N3O2/c1-3-18-10-11-20(26-18)21(25)22-12-7-13-24-15-14-23(2)16-19(24)17-8-5-4-6-9-17/h4-6,8-11,19H,3,7,12-16H2,1-2H3,(H,22,25)/t19-/m1/s1. The molecular formula is C21H29N3O2. The summed E-state index contributed by atoms with van der Waals surface area (Å²) in [5.41, 5.74) is 1.37. The summed E-state index contributed by atoms with van der Waals surface area (Å²) in [6.45, 7) is 6.84. The number of furan rings is 1. The molecule has 1 atom stereocenters. The molecule has 1 aromatic carbocycles. The van der Waals surface area contributed by atoms with E-state index in [0.29, 0.717) is 18.3 Å². The summed E-state index contributed by atoms with van der Waals surface area (Å²) in [6.07, 6.45) is 1.73. The summed E-state index contributed by atoms with van der Waals surface area (Å²) in [7, 11) is 2.18. The fourth-order valence-electron chi connectivity index (χ4n) is 3.48. The van der Waals surface area contributed by atoms with Crippen LogP contribution in [0.1, 0.15) is 41.3 Å². The first-order valence-electron chi connectivity index (χ1n) is 9.52. The van der Waals surface area contributed by atoms with Crippen LogP contribution in [0.2, 0.25) is 0 Å². The fourth-order valence-corrected chi connectivity index (χ4v) is 3.48. The van der Waals surface area contributed by atoms with Gasteiger partial charge in [0.2, 0.25) is 0 Å². The summed E-state index contributed by atoms with van der Waals surface area (Å²) in [5.74, 6) is 1.13. The van der Waals surface area contributed by atoms with E-state index in [9.17, 15) is 4.79 Å². The molecule has 1 saturated heterocycles. The van der Waals surface area contributed by atoms with E-state index in [2.05, 4.69) is 52.5 Å². The van der Waals surface area contributed by atoms with Crippen LogP contribution in [0.5, 0.6) is 0 Å². The van der Waals surface area contributed by atoms with E-state index < -0.39 is 0 Å². The number of benzene rings is 1. The summed E-state index contributed by atoms with van der Waals surface area (Å²) in [6, 6.07) is 14.7. The number of hydrogen-bond donors (Lipinski definition) is 1. The van der Waals surface area contributed by atoms with Crippen LogP contribution in [0.15, 0.2) is 46.9 Å².